The van der Waals surface area contributed by atoms with Gasteiger partial charge in [-0.05, 0) is 69.6 Å². The van der Waals surface area contributed by atoms with Crippen LogP contribution in [0.2, 0.25) is 0 Å². The van der Waals surface area contributed by atoms with Gasteiger partial charge in [-0.1, -0.05) is 0 Å². The fraction of sp³-hybridized carbons (Fsp3) is 1.00. The molecule has 0 amide bonds. The zero-order valence-corrected chi connectivity index (χ0v) is 10.5. The normalized spacial score (nSPS) is 50.2. The van der Waals surface area contributed by atoms with Gasteiger partial charge in [-0.15, -0.1) is 0 Å². The SMILES string of the molecule is CC(C)OCC1(O)C2CC3CC(C2)CC1C3. The molecule has 4 aliphatic carbocycles. The zero-order valence-electron chi connectivity index (χ0n) is 10.5. The summed E-state index contributed by atoms with van der Waals surface area (Å²) >= 11 is 0. The molecule has 4 saturated carbocycles. The Bertz CT molecular complexity index is 244. The Labute approximate surface area is 98.4 Å². The quantitative estimate of drug-likeness (QED) is 0.798. The summed E-state index contributed by atoms with van der Waals surface area (Å²) < 4.78 is 5.72. The Kier molecular flexibility index (Phi) is 2.56. The maximum Gasteiger partial charge on any atom is 0.0936 e. The van der Waals surface area contributed by atoms with Gasteiger partial charge in [0, 0.05) is 0 Å². The highest BCUT2D eigenvalue weighted by Crippen LogP contribution is 2.58. The minimum Gasteiger partial charge on any atom is -0.387 e. The number of rotatable bonds is 3. The summed E-state index contributed by atoms with van der Waals surface area (Å²) in [5, 5.41) is 10.9. The highest BCUT2D eigenvalue weighted by molar-refractivity contribution is 5.06. The van der Waals surface area contributed by atoms with Crippen molar-refractivity contribution in [3.8, 4) is 0 Å². The van der Waals surface area contributed by atoms with Crippen LogP contribution in [0.25, 0.3) is 0 Å². The van der Waals surface area contributed by atoms with Crippen LogP contribution in [-0.2, 0) is 4.74 Å². The molecule has 4 aliphatic rings. The monoisotopic (exact) mass is 224 g/mol. The summed E-state index contributed by atoms with van der Waals surface area (Å²) in [4.78, 5) is 0. The second kappa shape index (κ2) is 3.71. The average molecular weight is 224 g/mol. The smallest absolute Gasteiger partial charge is 0.0936 e. The Morgan fingerprint density at radius 2 is 1.56 bits per heavy atom. The van der Waals surface area contributed by atoms with Crippen molar-refractivity contribution in [3.63, 3.8) is 0 Å². The molecule has 0 radical (unpaired) electrons. The van der Waals surface area contributed by atoms with E-state index < -0.39 is 5.60 Å². The van der Waals surface area contributed by atoms with Crippen molar-refractivity contribution in [1.82, 2.24) is 0 Å². The maximum atomic E-state index is 10.9. The van der Waals surface area contributed by atoms with Crippen LogP contribution in [0, 0.1) is 23.7 Å². The van der Waals surface area contributed by atoms with Crippen LogP contribution in [0.15, 0.2) is 0 Å². The third-order valence-electron chi connectivity index (χ3n) is 5.20. The molecule has 2 heteroatoms. The molecular weight excluding hydrogens is 200 g/mol. The lowest BCUT2D eigenvalue weighted by Gasteiger charge is -2.58. The first kappa shape index (κ1) is 11.0. The van der Waals surface area contributed by atoms with Gasteiger partial charge in [0.05, 0.1) is 18.3 Å². The third-order valence-corrected chi connectivity index (χ3v) is 5.20. The predicted molar refractivity (Wildman–Crippen MR) is 63.1 cm³/mol. The summed E-state index contributed by atoms with van der Waals surface area (Å²) in [5.74, 6) is 2.90. The van der Waals surface area contributed by atoms with Gasteiger partial charge in [0.15, 0.2) is 0 Å². The van der Waals surface area contributed by atoms with Gasteiger partial charge < -0.3 is 9.84 Å². The average Bonchev–Trinajstić information content (AvgIpc) is 2.22. The van der Waals surface area contributed by atoms with Crippen molar-refractivity contribution in [2.75, 3.05) is 6.61 Å². The van der Waals surface area contributed by atoms with Crippen LogP contribution in [0.1, 0.15) is 46.0 Å². The molecule has 4 rings (SSSR count). The van der Waals surface area contributed by atoms with E-state index in [9.17, 15) is 5.11 Å². The summed E-state index contributed by atoms with van der Waals surface area (Å²) in [7, 11) is 0. The fourth-order valence-corrected chi connectivity index (χ4v) is 4.54. The molecule has 16 heavy (non-hydrogen) atoms. The van der Waals surface area contributed by atoms with Gasteiger partial charge in [0.25, 0.3) is 0 Å². The Morgan fingerprint density at radius 1 is 1.06 bits per heavy atom. The van der Waals surface area contributed by atoms with Crippen LogP contribution in [0.3, 0.4) is 0 Å². The molecule has 4 bridgehead atoms. The van der Waals surface area contributed by atoms with Crippen molar-refractivity contribution in [2.45, 2.75) is 57.7 Å². The summed E-state index contributed by atoms with van der Waals surface area (Å²) in [6.45, 7) is 4.68. The van der Waals surface area contributed by atoms with E-state index in [1.54, 1.807) is 0 Å². The van der Waals surface area contributed by atoms with Crippen molar-refractivity contribution < 1.29 is 9.84 Å². The molecule has 1 N–H and O–H groups in total. The minimum atomic E-state index is -0.488. The molecule has 4 fully saturated rings. The molecule has 0 aromatic carbocycles. The summed E-state index contributed by atoms with van der Waals surface area (Å²) in [6, 6.07) is 0. The molecule has 92 valence electrons. The van der Waals surface area contributed by atoms with Gasteiger partial charge in [-0.25, -0.2) is 0 Å². The lowest BCUT2D eigenvalue weighted by atomic mass is 9.50. The van der Waals surface area contributed by atoms with E-state index in [0.29, 0.717) is 18.4 Å². The van der Waals surface area contributed by atoms with E-state index in [1.165, 1.54) is 32.1 Å². The molecule has 2 nitrogen and oxygen atoms in total. The predicted octanol–water partition coefficient (Wildman–Crippen LogP) is 2.60. The molecular formula is C14H24O2. The van der Waals surface area contributed by atoms with Gasteiger partial charge in [0.2, 0.25) is 0 Å². The van der Waals surface area contributed by atoms with E-state index in [0.717, 1.165) is 11.8 Å². The number of ether oxygens (including phenoxy) is 1. The molecule has 0 unspecified atom stereocenters. The number of aliphatic hydroxyl groups is 1. The van der Waals surface area contributed by atoms with Crippen molar-refractivity contribution in [3.05, 3.63) is 0 Å². The van der Waals surface area contributed by atoms with Gasteiger partial charge in [-0.2, -0.15) is 0 Å². The molecule has 0 atom stereocenters. The Hall–Kier alpha value is -0.0800. The lowest BCUT2D eigenvalue weighted by Crippen LogP contribution is -2.60. The fourth-order valence-electron chi connectivity index (χ4n) is 4.54. The second-order valence-electron chi connectivity index (χ2n) is 6.66. The van der Waals surface area contributed by atoms with E-state index in [1.807, 2.05) is 0 Å². The highest BCUT2D eigenvalue weighted by Gasteiger charge is 2.56. The second-order valence-corrected chi connectivity index (χ2v) is 6.66. The van der Waals surface area contributed by atoms with E-state index in [-0.39, 0.29) is 6.10 Å². The largest absolute Gasteiger partial charge is 0.387 e. The van der Waals surface area contributed by atoms with Crippen molar-refractivity contribution in [2.24, 2.45) is 23.7 Å². The zero-order chi connectivity index (χ0) is 11.3. The van der Waals surface area contributed by atoms with Crippen LogP contribution in [-0.4, -0.2) is 23.4 Å². The van der Waals surface area contributed by atoms with Crippen LogP contribution in [0.4, 0.5) is 0 Å². The van der Waals surface area contributed by atoms with Crippen molar-refractivity contribution >= 4 is 0 Å². The molecule has 0 heterocycles. The summed E-state index contributed by atoms with van der Waals surface area (Å²) in [5.41, 5.74) is -0.488. The Morgan fingerprint density at radius 3 is 2.00 bits per heavy atom. The van der Waals surface area contributed by atoms with Crippen molar-refractivity contribution in [1.29, 1.82) is 0 Å². The topological polar surface area (TPSA) is 29.5 Å². The molecule has 0 spiro atoms. The molecule has 0 aliphatic heterocycles. The van der Waals surface area contributed by atoms with E-state index in [4.69, 9.17) is 4.74 Å². The van der Waals surface area contributed by atoms with Crippen LogP contribution < -0.4 is 0 Å². The third kappa shape index (κ3) is 1.62. The standard InChI is InChI=1S/C14H24O2/c1-9(2)16-8-14(15)12-4-10-3-11(6-12)7-13(14)5-10/h9-13,15H,3-8H2,1-2H3. The van der Waals surface area contributed by atoms with Gasteiger partial charge in [0.1, 0.15) is 0 Å². The first-order valence-electron chi connectivity index (χ1n) is 6.92. The number of hydrogen-bond acceptors (Lipinski definition) is 2. The minimum absolute atomic E-state index is 0.237. The van der Waals surface area contributed by atoms with E-state index >= 15 is 0 Å². The van der Waals surface area contributed by atoms with E-state index in [2.05, 4.69) is 13.8 Å². The molecule has 0 saturated heterocycles. The highest BCUT2D eigenvalue weighted by atomic mass is 16.5. The van der Waals surface area contributed by atoms with Crippen LogP contribution in [0.5, 0.6) is 0 Å². The van der Waals surface area contributed by atoms with Crippen LogP contribution >= 0.6 is 0 Å². The van der Waals surface area contributed by atoms with Gasteiger partial charge >= 0.3 is 0 Å². The van der Waals surface area contributed by atoms with Gasteiger partial charge in [-0.3, -0.25) is 0 Å². The molecule has 0 aromatic rings. The first-order chi connectivity index (χ1) is 7.58. The first-order valence-corrected chi connectivity index (χ1v) is 6.92. The number of hydrogen-bond donors (Lipinski definition) is 1. The Balaban J connectivity index is 1.74. The lowest BCUT2D eigenvalue weighted by molar-refractivity contribution is -0.204. The summed E-state index contributed by atoms with van der Waals surface area (Å²) in [6.07, 6.45) is 6.70. The molecule has 0 aromatic heterocycles. The maximum absolute atomic E-state index is 10.9.